The summed E-state index contributed by atoms with van der Waals surface area (Å²) >= 11 is 1.47. The number of thiazole rings is 1. The number of H-pyrrole nitrogens is 1. The summed E-state index contributed by atoms with van der Waals surface area (Å²) in [5.74, 6) is -0.225. The number of amides is 1. The molecule has 0 radical (unpaired) electrons. The molecule has 1 amide bonds. The second-order valence-electron chi connectivity index (χ2n) is 5.46. The molecule has 24 heavy (non-hydrogen) atoms. The standard InChI is InChI=1S/C19H15N3OS/c23-18(16-12-20-17-9-5-4-8-15(16)17)21-19-22(10-11-24-19)13-14-6-2-1-3-7-14/h1-12,20H,13H2. The minimum atomic E-state index is -0.225. The zero-order valence-electron chi connectivity index (χ0n) is 12.8. The molecule has 0 saturated carbocycles. The van der Waals surface area contributed by atoms with E-state index in [1.165, 1.54) is 16.9 Å². The molecular formula is C19H15N3OS. The maximum absolute atomic E-state index is 12.6. The second kappa shape index (κ2) is 6.29. The number of carbonyl (C=O) groups excluding carboxylic acids is 1. The molecule has 0 saturated heterocycles. The molecule has 2 aromatic heterocycles. The lowest BCUT2D eigenvalue weighted by molar-refractivity contribution is 0.0999. The van der Waals surface area contributed by atoms with E-state index in [4.69, 9.17) is 0 Å². The van der Waals surface area contributed by atoms with E-state index in [-0.39, 0.29) is 5.91 Å². The average molecular weight is 333 g/mol. The molecule has 0 aliphatic carbocycles. The molecule has 0 aliphatic rings. The van der Waals surface area contributed by atoms with Crippen LogP contribution < -0.4 is 4.80 Å². The van der Waals surface area contributed by atoms with Gasteiger partial charge in [0, 0.05) is 35.2 Å². The molecule has 2 aromatic carbocycles. The Hall–Kier alpha value is -2.92. The lowest BCUT2D eigenvalue weighted by Crippen LogP contribution is -2.17. The summed E-state index contributed by atoms with van der Waals surface area (Å²) in [7, 11) is 0. The maximum atomic E-state index is 12.6. The van der Waals surface area contributed by atoms with Crippen LogP contribution in [0.25, 0.3) is 10.9 Å². The first-order valence-electron chi connectivity index (χ1n) is 7.64. The minimum absolute atomic E-state index is 0.225. The molecule has 4 rings (SSSR count). The van der Waals surface area contributed by atoms with Gasteiger partial charge < -0.3 is 9.55 Å². The molecule has 2 heterocycles. The van der Waals surface area contributed by atoms with E-state index in [0.29, 0.717) is 16.9 Å². The predicted octanol–water partition coefficient (Wildman–Crippen LogP) is 3.82. The number of aromatic nitrogens is 2. The topological polar surface area (TPSA) is 50.1 Å². The van der Waals surface area contributed by atoms with Gasteiger partial charge in [0.25, 0.3) is 5.91 Å². The van der Waals surface area contributed by atoms with Crippen LogP contribution in [-0.2, 0) is 6.54 Å². The fourth-order valence-electron chi connectivity index (χ4n) is 2.68. The molecular weight excluding hydrogens is 318 g/mol. The van der Waals surface area contributed by atoms with Gasteiger partial charge in [0.05, 0.1) is 5.56 Å². The van der Waals surface area contributed by atoms with Gasteiger partial charge in [-0.05, 0) is 11.6 Å². The van der Waals surface area contributed by atoms with Crippen LogP contribution in [0.4, 0.5) is 0 Å². The Bertz CT molecular complexity index is 1060. The van der Waals surface area contributed by atoms with Crippen LogP contribution in [0.1, 0.15) is 15.9 Å². The zero-order valence-corrected chi connectivity index (χ0v) is 13.7. The molecule has 0 bridgehead atoms. The zero-order chi connectivity index (χ0) is 16.4. The molecule has 0 unspecified atom stereocenters. The third-order valence-electron chi connectivity index (χ3n) is 3.87. The number of carbonyl (C=O) groups is 1. The Balaban J connectivity index is 1.69. The van der Waals surface area contributed by atoms with Gasteiger partial charge in [-0.15, -0.1) is 11.3 Å². The summed E-state index contributed by atoms with van der Waals surface area (Å²) in [5.41, 5.74) is 2.72. The monoisotopic (exact) mass is 333 g/mol. The Morgan fingerprint density at radius 3 is 2.75 bits per heavy atom. The first kappa shape index (κ1) is 14.7. The Morgan fingerprint density at radius 2 is 1.88 bits per heavy atom. The van der Waals surface area contributed by atoms with E-state index in [9.17, 15) is 4.79 Å². The first-order valence-corrected chi connectivity index (χ1v) is 8.52. The summed E-state index contributed by atoms with van der Waals surface area (Å²) in [4.78, 5) is 20.8. The van der Waals surface area contributed by atoms with Crippen LogP contribution in [0.3, 0.4) is 0 Å². The van der Waals surface area contributed by atoms with E-state index in [1.54, 1.807) is 6.20 Å². The van der Waals surface area contributed by atoms with E-state index < -0.39 is 0 Å². The quantitative estimate of drug-likeness (QED) is 0.609. The fraction of sp³-hybridized carbons (Fsp3) is 0.0526. The predicted molar refractivity (Wildman–Crippen MR) is 96.0 cm³/mol. The van der Waals surface area contributed by atoms with Crippen molar-refractivity contribution in [3.8, 4) is 0 Å². The number of nitrogens with zero attached hydrogens (tertiary/aromatic N) is 2. The van der Waals surface area contributed by atoms with Gasteiger partial charge in [-0.25, -0.2) is 0 Å². The van der Waals surface area contributed by atoms with Crippen molar-refractivity contribution >= 4 is 28.1 Å². The van der Waals surface area contributed by atoms with Gasteiger partial charge in [0.15, 0.2) is 4.80 Å². The van der Waals surface area contributed by atoms with Crippen molar-refractivity contribution in [1.82, 2.24) is 9.55 Å². The molecule has 118 valence electrons. The van der Waals surface area contributed by atoms with Crippen molar-refractivity contribution in [2.24, 2.45) is 4.99 Å². The summed E-state index contributed by atoms with van der Waals surface area (Å²) in [6.45, 7) is 0.699. The number of rotatable bonds is 3. The normalized spacial score (nSPS) is 11.9. The molecule has 0 spiro atoms. The number of nitrogens with one attached hydrogen (secondary N) is 1. The van der Waals surface area contributed by atoms with Gasteiger partial charge in [0.2, 0.25) is 0 Å². The van der Waals surface area contributed by atoms with Crippen LogP contribution in [0, 0.1) is 0 Å². The number of hydrogen-bond donors (Lipinski definition) is 1. The van der Waals surface area contributed by atoms with Crippen LogP contribution in [0.15, 0.2) is 77.4 Å². The smallest absolute Gasteiger partial charge is 0.281 e. The summed E-state index contributed by atoms with van der Waals surface area (Å²) in [6, 6.07) is 17.9. The highest BCUT2D eigenvalue weighted by molar-refractivity contribution is 7.07. The SMILES string of the molecule is O=C(N=c1sccn1Cc1ccccc1)c1c[nH]c2ccccc12. The Kier molecular flexibility index (Phi) is 3.84. The van der Waals surface area contributed by atoms with Crippen molar-refractivity contribution in [3.63, 3.8) is 0 Å². The Labute approximate surface area is 142 Å². The van der Waals surface area contributed by atoms with Crippen molar-refractivity contribution in [1.29, 1.82) is 0 Å². The molecule has 0 atom stereocenters. The molecule has 1 N–H and O–H groups in total. The van der Waals surface area contributed by atoms with Gasteiger partial charge in [0.1, 0.15) is 0 Å². The number of aromatic amines is 1. The molecule has 0 aliphatic heterocycles. The number of para-hydroxylation sites is 1. The number of hydrogen-bond acceptors (Lipinski definition) is 2. The third kappa shape index (κ3) is 2.81. The van der Waals surface area contributed by atoms with Crippen molar-refractivity contribution in [2.45, 2.75) is 6.54 Å². The highest BCUT2D eigenvalue weighted by Gasteiger charge is 2.11. The molecule has 4 aromatic rings. The maximum Gasteiger partial charge on any atom is 0.281 e. The highest BCUT2D eigenvalue weighted by atomic mass is 32.1. The van der Waals surface area contributed by atoms with E-state index in [2.05, 4.69) is 22.1 Å². The van der Waals surface area contributed by atoms with Gasteiger partial charge in [-0.1, -0.05) is 48.5 Å². The lowest BCUT2D eigenvalue weighted by Gasteiger charge is -2.02. The Morgan fingerprint density at radius 1 is 1.08 bits per heavy atom. The van der Waals surface area contributed by atoms with E-state index >= 15 is 0 Å². The highest BCUT2D eigenvalue weighted by Crippen LogP contribution is 2.18. The van der Waals surface area contributed by atoms with Crippen LogP contribution in [0.5, 0.6) is 0 Å². The number of benzene rings is 2. The first-order chi connectivity index (χ1) is 11.8. The summed E-state index contributed by atoms with van der Waals surface area (Å²) < 4.78 is 1.99. The third-order valence-corrected chi connectivity index (χ3v) is 4.67. The van der Waals surface area contributed by atoms with Crippen molar-refractivity contribution in [3.05, 3.63) is 88.3 Å². The van der Waals surface area contributed by atoms with Gasteiger partial charge in [-0.3, -0.25) is 4.79 Å². The average Bonchev–Trinajstić information content (AvgIpc) is 3.23. The molecule has 5 heteroatoms. The minimum Gasteiger partial charge on any atom is -0.360 e. The lowest BCUT2D eigenvalue weighted by atomic mass is 10.2. The van der Waals surface area contributed by atoms with Crippen LogP contribution in [0.2, 0.25) is 0 Å². The fourth-order valence-corrected chi connectivity index (χ4v) is 3.41. The van der Waals surface area contributed by atoms with Crippen LogP contribution in [-0.4, -0.2) is 15.5 Å². The molecule has 0 fully saturated rings. The van der Waals surface area contributed by atoms with Gasteiger partial charge >= 0.3 is 0 Å². The largest absolute Gasteiger partial charge is 0.360 e. The van der Waals surface area contributed by atoms with Crippen molar-refractivity contribution < 1.29 is 4.79 Å². The van der Waals surface area contributed by atoms with E-state index in [0.717, 1.165) is 10.9 Å². The van der Waals surface area contributed by atoms with E-state index in [1.807, 2.05) is 58.6 Å². The van der Waals surface area contributed by atoms with Crippen LogP contribution >= 0.6 is 11.3 Å². The number of fused-ring (bicyclic) bond motifs is 1. The molecule has 4 nitrogen and oxygen atoms in total. The summed E-state index contributed by atoms with van der Waals surface area (Å²) in [5, 5.41) is 2.85. The second-order valence-corrected chi connectivity index (χ2v) is 6.34. The van der Waals surface area contributed by atoms with Crippen molar-refractivity contribution in [2.75, 3.05) is 0 Å². The summed E-state index contributed by atoms with van der Waals surface area (Å²) in [6.07, 6.45) is 3.69. The van der Waals surface area contributed by atoms with Gasteiger partial charge in [-0.2, -0.15) is 4.99 Å².